The number of benzene rings is 1. The van der Waals surface area contributed by atoms with Gasteiger partial charge < -0.3 is 26.3 Å². The quantitative estimate of drug-likeness (QED) is 0.406. The molecule has 2 aromatic heterocycles. The van der Waals surface area contributed by atoms with E-state index in [2.05, 4.69) is 37.7 Å². The number of aromatic amines is 1. The third-order valence-corrected chi connectivity index (χ3v) is 7.65. The molecule has 3 heterocycles. The van der Waals surface area contributed by atoms with Crippen molar-refractivity contribution in [2.24, 2.45) is 23.5 Å². The number of carbonyl (C=O) groups excluding carboxylic acids is 2. The Hall–Kier alpha value is -3.43. The Balaban J connectivity index is 1.33. The third-order valence-electron chi connectivity index (χ3n) is 7.36. The lowest BCUT2D eigenvalue weighted by atomic mass is 9.88. The van der Waals surface area contributed by atoms with Crippen molar-refractivity contribution in [2.75, 3.05) is 31.5 Å². The Labute approximate surface area is 207 Å². The standard InChI is InChI=1S/C25H26ClN7O2/c26-17-12-29-24-21(20(17)30-19-14-5-4-13(10-14)18(19)22(27)34)31-23(32-24)15-2-1-3-16(11-15)25(35)33-8-6-28-7-9-33/h1-5,11-14,18-19,28H,6-10H2,(H2,27,34)(H2,29,30,31,32)/t13-,14+,18+,19-/m1/s1. The molecule has 0 radical (unpaired) electrons. The van der Waals surface area contributed by atoms with Crippen LogP contribution in [0.5, 0.6) is 0 Å². The Bertz CT molecular complexity index is 1350. The molecule has 1 saturated heterocycles. The van der Waals surface area contributed by atoms with Gasteiger partial charge in [0.15, 0.2) is 5.65 Å². The summed E-state index contributed by atoms with van der Waals surface area (Å²) in [6.45, 7) is 2.98. The van der Waals surface area contributed by atoms with Crippen LogP contribution in [0.4, 0.5) is 5.69 Å². The fourth-order valence-electron chi connectivity index (χ4n) is 5.63. The first-order valence-electron chi connectivity index (χ1n) is 11.9. The number of rotatable bonds is 5. The number of nitrogens with one attached hydrogen (secondary N) is 3. The minimum absolute atomic E-state index is 0.00909. The minimum Gasteiger partial charge on any atom is -0.378 e. The zero-order valence-corrected chi connectivity index (χ0v) is 19.8. The van der Waals surface area contributed by atoms with Gasteiger partial charge in [0.05, 0.1) is 22.8 Å². The van der Waals surface area contributed by atoms with Crippen LogP contribution in [0.2, 0.25) is 5.02 Å². The summed E-state index contributed by atoms with van der Waals surface area (Å²) in [6.07, 6.45) is 6.70. The van der Waals surface area contributed by atoms with Gasteiger partial charge in [-0.05, 0) is 30.4 Å². The number of nitrogens with zero attached hydrogens (tertiary/aromatic N) is 3. The SMILES string of the molecule is NC(=O)[C@@H]1[C@H](Nc2c(Cl)cnc3nc(-c4cccc(C(=O)N5CCNCC5)c4)[nH]c23)[C@H]2C=C[C@@H]1C2. The average Bonchev–Trinajstić information content (AvgIpc) is 3.61. The lowest BCUT2D eigenvalue weighted by molar-refractivity contribution is -0.122. The molecule has 0 spiro atoms. The van der Waals surface area contributed by atoms with Crippen LogP contribution in [-0.4, -0.2) is 63.9 Å². The Morgan fingerprint density at radius 1 is 1.17 bits per heavy atom. The number of nitrogens with two attached hydrogens (primary N) is 1. The van der Waals surface area contributed by atoms with Gasteiger partial charge in [0, 0.05) is 43.3 Å². The van der Waals surface area contributed by atoms with Crippen molar-refractivity contribution in [3.05, 3.63) is 53.2 Å². The zero-order chi connectivity index (χ0) is 24.1. The highest BCUT2D eigenvalue weighted by Gasteiger charge is 2.47. The van der Waals surface area contributed by atoms with Crippen molar-refractivity contribution in [1.29, 1.82) is 0 Å². The van der Waals surface area contributed by atoms with Gasteiger partial charge in [0.25, 0.3) is 5.91 Å². The van der Waals surface area contributed by atoms with E-state index in [9.17, 15) is 9.59 Å². The molecule has 1 aromatic carbocycles. The van der Waals surface area contributed by atoms with E-state index in [0.29, 0.717) is 46.4 Å². The number of aromatic nitrogens is 3. The van der Waals surface area contributed by atoms with Gasteiger partial charge in [-0.2, -0.15) is 0 Å². The van der Waals surface area contributed by atoms with Gasteiger partial charge in [-0.1, -0.05) is 35.9 Å². The van der Waals surface area contributed by atoms with Gasteiger partial charge in [0.2, 0.25) is 5.91 Å². The molecule has 1 saturated carbocycles. The lowest BCUT2D eigenvalue weighted by Gasteiger charge is -2.28. The number of imidazole rings is 1. The molecule has 9 nitrogen and oxygen atoms in total. The van der Waals surface area contributed by atoms with Crippen LogP contribution < -0.4 is 16.4 Å². The van der Waals surface area contributed by atoms with E-state index in [4.69, 9.17) is 17.3 Å². The summed E-state index contributed by atoms with van der Waals surface area (Å²) in [6, 6.07) is 7.30. The molecule has 5 N–H and O–H groups in total. The minimum atomic E-state index is -0.308. The number of anilines is 1. The first-order valence-corrected chi connectivity index (χ1v) is 12.3. The summed E-state index contributed by atoms with van der Waals surface area (Å²) in [5.41, 5.74) is 8.95. The monoisotopic (exact) mass is 491 g/mol. The largest absolute Gasteiger partial charge is 0.378 e. The molecule has 10 heteroatoms. The number of piperazine rings is 1. The highest BCUT2D eigenvalue weighted by Crippen LogP contribution is 2.46. The van der Waals surface area contributed by atoms with Crippen LogP contribution in [0.15, 0.2) is 42.6 Å². The number of H-pyrrole nitrogens is 1. The van der Waals surface area contributed by atoms with Crippen LogP contribution in [0.1, 0.15) is 16.8 Å². The van der Waals surface area contributed by atoms with Gasteiger partial charge in [-0.3, -0.25) is 9.59 Å². The van der Waals surface area contributed by atoms with E-state index < -0.39 is 0 Å². The summed E-state index contributed by atoms with van der Waals surface area (Å²) < 4.78 is 0. The summed E-state index contributed by atoms with van der Waals surface area (Å²) in [5.74, 6) is 0.365. The predicted molar refractivity (Wildman–Crippen MR) is 134 cm³/mol. The van der Waals surface area contributed by atoms with Crippen LogP contribution in [0.25, 0.3) is 22.6 Å². The van der Waals surface area contributed by atoms with Crippen molar-refractivity contribution < 1.29 is 9.59 Å². The number of halogens is 1. The number of primary amides is 1. The maximum absolute atomic E-state index is 13.0. The molecule has 4 atom stereocenters. The molecular formula is C25H26ClN7O2. The second kappa shape index (κ2) is 8.66. The molecule has 1 aliphatic heterocycles. The number of amides is 2. The summed E-state index contributed by atoms with van der Waals surface area (Å²) in [4.78, 5) is 39.4. The van der Waals surface area contributed by atoms with Crippen molar-refractivity contribution in [1.82, 2.24) is 25.2 Å². The number of hydrogen-bond donors (Lipinski definition) is 4. The van der Waals surface area contributed by atoms with Gasteiger partial charge in [-0.15, -0.1) is 0 Å². The molecule has 0 unspecified atom stereocenters. The fourth-order valence-corrected chi connectivity index (χ4v) is 5.83. The average molecular weight is 492 g/mol. The first kappa shape index (κ1) is 22.1. The first-order chi connectivity index (χ1) is 17.0. The van der Waals surface area contributed by atoms with E-state index in [0.717, 1.165) is 25.1 Å². The number of carbonyl (C=O) groups is 2. The second-order valence-corrected chi connectivity index (χ2v) is 9.84. The molecule has 35 heavy (non-hydrogen) atoms. The zero-order valence-electron chi connectivity index (χ0n) is 19.0. The maximum atomic E-state index is 13.0. The van der Waals surface area contributed by atoms with Crippen LogP contribution in [0, 0.1) is 17.8 Å². The third kappa shape index (κ3) is 3.84. The maximum Gasteiger partial charge on any atom is 0.253 e. The van der Waals surface area contributed by atoms with E-state index in [1.807, 2.05) is 29.2 Å². The molecule has 2 bridgehead atoms. The summed E-state index contributed by atoms with van der Waals surface area (Å²) in [5, 5.41) is 7.19. The molecular weight excluding hydrogens is 466 g/mol. The topological polar surface area (TPSA) is 129 Å². The van der Waals surface area contributed by atoms with Gasteiger partial charge >= 0.3 is 0 Å². The normalized spacial score (nSPS) is 25.3. The van der Waals surface area contributed by atoms with Gasteiger partial charge in [-0.25, -0.2) is 9.97 Å². The van der Waals surface area contributed by atoms with E-state index in [-0.39, 0.29) is 35.6 Å². The molecule has 2 aliphatic carbocycles. The number of allylic oxidation sites excluding steroid dienone is 1. The summed E-state index contributed by atoms with van der Waals surface area (Å²) in [7, 11) is 0. The smallest absolute Gasteiger partial charge is 0.253 e. The highest BCUT2D eigenvalue weighted by atomic mass is 35.5. The second-order valence-electron chi connectivity index (χ2n) is 9.43. The van der Waals surface area contributed by atoms with E-state index in [1.54, 1.807) is 6.20 Å². The molecule has 180 valence electrons. The van der Waals surface area contributed by atoms with Crippen molar-refractivity contribution >= 4 is 40.3 Å². The Morgan fingerprint density at radius 3 is 2.77 bits per heavy atom. The molecule has 3 aromatic rings. The Morgan fingerprint density at radius 2 is 1.97 bits per heavy atom. The van der Waals surface area contributed by atoms with Crippen molar-refractivity contribution in [2.45, 2.75) is 12.5 Å². The van der Waals surface area contributed by atoms with Crippen LogP contribution in [0.3, 0.4) is 0 Å². The lowest BCUT2D eigenvalue weighted by Crippen LogP contribution is -2.46. The molecule has 3 aliphatic rings. The van der Waals surface area contributed by atoms with Gasteiger partial charge in [0.1, 0.15) is 11.3 Å². The molecule has 2 amide bonds. The highest BCUT2D eigenvalue weighted by molar-refractivity contribution is 6.34. The predicted octanol–water partition coefficient (Wildman–Crippen LogP) is 2.41. The van der Waals surface area contributed by atoms with Crippen LogP contribution in [-0.2, 0) is 4.79 Å². The molecule has 2 fully saturated rings. The fraction of sp³-hybridized carbons (Fsp3) is 0.360. The van der Waals surface area contributed by atoms with E-state index in [1.165, 1.54) is 0 Å². The Kier molecular flexibility index (Phi) is 5.46. The van der Waals surface area contributed by atoms with E-state index >= 15 is 0 Å². The van der Waals surface area contributed by atoms with Crippen molar-refractivity contribution in [3.8, 4) is 11.4 Å². The number of hydrogen-bond acceptors (Lipinski definition) is 6. The van der Waals surface area contributed by atoms with Crippen LogP contribution >= 0.6 is 11.6 Å². The van der Waals surface area contributed by atoms with Crippen molar-refractivity contribution in [3.63, 3.8) is 0 Å². The number of fused-ring (bicyclic) bond motifs is 3. The number of pyridine rings is 1. The molecule has 6 rings (SSSR count). The summed E-state index contributed by atoms with van der Waals surface area (Å²) >= 11 is 6.56.